The van der Waals surface area contributed by atoms with E-state index < -0.39 is 97.5 Å². The van der Waals surface area contributed by atoms with Crippen LogP contribution in [0, 0.1) is 11.8 Å². The van der Waals surface area contributed by atoms with Gasteiger partial charge in [0.25, 0.3) is 0 Å². The van der Waals surface area contributed by atoms with Crippen LogP contribution in [0.5, 0.6) is 0 Å². The molecule has 0 bridgehead atoms. The van der Waals surface area contributed by atoms with Crippen LogP contribution in [0.25, 0.3) is 0 Å². The maximum atomic E-state index is 13.1. The smallest absolute Gasteiger partial charge is 0.462 e. The van der Waals surface area contributed by atoms with Gasteiger partial charge in [0, 0.05) is 25.7 Å². The molecule has 6 atom stereocenters. The van der Waals surface area contributed by atoms with Crippen LogP contribution in [0.4, 0.5) is 0 Å². The van der Waals surface area contributed by atoms with Crippen LogP contribution in [0.1, 0.15) is 375 Å². The molecule has 92 heavy (non-hydrogen) atoms. The molecular formula is C73H142O17P2. The summed E-state index contributed by atoms with van der Waals surface area (Å²) in [6.45, 7) is 9.48. The topological polar surface area (TPSA) is 237 Å². The normalized spacial score (nSPS) is 14.4. The fourth-order valence-electron chi connectivity index (χ4n) is 11.1. The molecule has 0 saturated carbocycles. The lowest BCUT2D eigenvalue weighted by atomic mass is 9.99. The van der Waals surface area contributed by atoms with Crippen LogP contribution in [-0.2, 0) is 65.4 Å². The lowest BCUT2D eigenvalue weighted by Crippen LogP contribution is -2.30. The first-order chi connectivity index (χ1) is 44.4. The third-order valence-corrected chi connectivity index (χ3v) is 19.2. The van der Waals surface area contributed by atoms with Gasteiger partial charge in [-0.1, -0.05) is 324 Å². The summed E-state index contributed by atoms with van der Waals surface area (Å²) in [6, 6.07) is 0. The summed E-state index contributed by atoms with van der Waals surface area (Å²) in [5.74, 6) is -0.587. The molecule has 0 aromatic heterocycles. The lowest BCUT2D eigenvalue weighted by Gasteiger charge is -2.21. The van der Waals surface area contributed by atoms with Crippen molar-refractivity contribution in [2.45, 2.75) is 394 Å². The number of carbonyl (C=O) groups excluding carboxylic acids is 4. The van der Waals surface area contributed by atoms with Crippen molar-refractivity contribution in [3.05, 3.63) is 0 Å². The average Bonchev–Trinajstić information content (AvgIpc) is 2.82. The number of hydrogen-bond acceptors (Lipinski definition) is 15. The second-order valence-electron chi connectivity index (χ2n) is 27.1. The third kappa shape index (κ3) is 65.4. The zero-order chi connectivity index (χ0) is 67.9. The van der Waals surface area contributed by atoms with Crippen molar-refractivity contribution >= 4 is 39.5 Å². The van der Waals surface area contributed by atoms with Crippen LogP contribution in [-0.4, -0.2) is 96.7 Å². The van der Waals surface area contributed by atoms with Gasteiger partial charge < -0.3 is 33.8 Å². The molecule has 0 aromatic rings. The Kier molecular flexibility index (Phi) is 63.7. The number of unbranched alkanes of at least 4 members (excludes halogenated alkanes) is 41. The van der Waals surface area contributed by atoms with Crippen LogP contribution in [0.15, 0.2) is 0 Å². The highest BCUT2D eigenvalue weighted by atomic mass is 31.2. The average molecular weight is 1350 g/mol. The van der Waals surface area contributed by atoms with E-state index in [1.54, 1.807) is 0 Å². The number of carbonyl (C=O) groups is 4. The largest absolute Gasteiger partial charge is 0.472 e. The minimum atomic E-state index is -4.95. The first kappa shape index (κ1) is 90.1. The van der Waals surface area contributed by atoms with Crippen molar-refractivity contribution in [3.8, 4) is 0 Å². The molecule has 0 amide bonds. The Morgan fingerprint density at radius 3 is 0.826 bits per heavy atom. The van der Waals surface area contributed by atoms with Gasteiger partial charge in [0.05, 0.1) is 26.4 Å². The Morgan fingerprint density at radius 2 is 0.554 bits per heavy atom. The standard InChI is InChI=1S/C73H142O17P2/c1-7-10-12-14-15-16-17-18-19-20-21-22-23-24-25-26-27-34-39-45-51-57-72(77)90-69(62-84-71(76)56-50-44-38-33-29-28-32-37-43-48-54-66(6)9-3)64-88-92(81,82)86-60-67(74)59-85-91(79,80)87-63-68(61-83-70(75)55-49-41-13-11-8-2)89-73(78)58-52-46-40-35-30-31-36-42-47-53-65(4)5/h65-69,74H,7-64H2,1-6H3,(H,79,80)(H,81,82)/t66?,67-,68+,69+/m0/s1. The van der Waals surface area contributed by atoms with E-state index in [9.17, 15) is 43.2 Å². The van der Waals surface area contributed by atoms with Gasteiger partial charge in [0.15, 0.2) is 12.2 Å². The summed E-state index contributed by atoms with van der Waals surface area (Å²) in [7, 11) is -9.90. The summed E-state index contributed by atoms with van der Waals surface area (Å²) in [6.07, 6.45) is 51.8. The highest BCUT2D eigenvalue weighted by Gasteiger charge is 2.30. The van der Waals surface area contributed by atoms with Gasteiger partial charge >= 0.3 is 39.5 Å². The van der Waals surface area contributed by atoms with E-state index in [1.807, 2.05) is 0 Å². The number of aliphatic hydroxyl groups excluding tert-OH is 1. The molecule has 19 heteroatoms. The van der Waals surface area contributed by atoms with Gasteiger partial charge in [-0.15, -0.1) is 0 Å². The number of esters is 4. The minimum Gasteiger partial charge on any atom is -0.462 e. The molecule has 0 aromatic carbocycles. The molecule has 0 heterocycles. The fraction of sp³-hybridized carbons (Fsp3) is 0.945. The summed E-state index contributed by atoms with van der Waals surface area (Å²) < 4.78 is 68.2. The molecule has 0 aliphatic rings. The minimum absolute atomic E-state index is 0.104. The second-order valence-corrected chi connectivity index (χ2v) is 30.0. The molecule has 0 saturated heterocycles. The van der Waals surface area contributed by atoms with Crippen molar-refractivity contribution < 1.29 is 80.2 Å². The number of rotatable bonds is 72. The number of phosphoric acid groups is 2. The molecule has 0 spiro atoms. The van der Waals surface area contributed by atoms with Crippen LogP contribution in [0.3, 0.4) is 0 Å². The Labute approximate surface area is 562 Å². The fourth-order valence-corrected chi connectivity index (χ4v) is 12.7. The van der Waals surface area contributed by atoms with E-state index in [2.05, 4.69) is 41.5 Å². The molecular weight excluding hydrogens is 1210 g/mol. The molecule has 0 radical (unpaired) electrons. The van der Waals surface area contributed by atoms with E-state index in [4.69, 9.17) is 37.0 Å². The predicted molar refractivity (Wildman–Crippen MR) is 372 cm³/mol. The zero-order valence-corrected chi connectivity index (χ0v) is 61.6. The maximum absolute atomic E-state index is 13.1. The van der Waals surface area contributed by atoms with Crippen molar-refractivity contribution in [2.75, 3.05) is 39.6 Å². The number of aliphatic hydroxyl groups is 1. The van der Waals surface area contributed by atoms with Crippen LogP contribution in [0.2, 0.25) is 0 Å². The quantitative estimate of drug-likeness (QED) is 0.0222. The van der Waals surface area contributed by atoms with E-state index in [0.29, 0.717) is 25.7 Å². The van der Waals surface area contributed by atoms with Gasteiger partial charge in [0.2, 0.25) is 0 Å². The number of hydrogen-bond donors (Lipinski definition) is 3. The molecule has 3 unspecified atom stereocenters. The summed E-state index contributed by atoms with van der Waals surface area (Å²) in [4.78, 5) is 72.4. The summed E-state index contributed by atoms with van der Waals surface area (Å²) >= 11 is 0. The summed E-state index contributed by atoms with van der Waals surface area (Å²) in [5, 5.41) is 10.6. The summed E-state index contributed by atoms with van der Waals surface area (Å²) in [5.41, 5.74) is 0. The van der Waals surface area contributed by atoms with Gasteiger partial charge in [-0.25, -0.2) is 9.13 Å². The highest BCUT2D eigenvalue weighted by molar-refractivity contribution is 7.47. The van der Waals surface area contributed by atoms with Gasteiger partial charge in [0.1, 0.15) is 19.3 Å². The molecule has 17 nitrogen and oxygen atoms in total. The van der Waals surface area contributed by atoms with Crippen molar-refractivity contribution in [1.29, 1.82) is 0 Å². The van der Waals surface area contributed by atoms with Gasteiger partial charge in [-0.05, 0) is 37.5 Å². The lowest BCUT2D eigenvalue weighted by molar-refractivity contribution is -0.161. The first-order valence-electron chi connectivity index (χ1n) is 38.0. The predicted octanol–water partition coefficient (Wildman–Crippen LogP) is 21.2. The SMILES string of the molecule is CCCCCCCCCCCCCCCCCCCCCCCC(=O)O[C@H](COC(=O)CCCCCCCCCCCCC(C)CC)COP(=O)(O)OC[C@@H](O)COP(=O)(O)OC[C@@H](COC(=O)CCCCCCC)OC(=O)CCCCCCCCCCCC(C)C. The maximum Gasteiger partial charge on any atom is 0.472 e. The van der Waals surface area contributed by atoms with Crippen molar-refractivity contribution in [2.24, 2.45) is 11.8 Å². The van der Waals surface area contributed by atoms with E-state index in [-0.39, 0.29) is 25.7 Å². The van der Waals surface area contributed by atoms with Crippen LogP contribution >= 0.6 is 15.6 Å². The number of ether oxygens (including phenoxy) is 4. The molecule has 0 aliphatic carbocycles. The van der Waals surface area contributed by atoms with Crippen LogP contribution < -0.4 is 0 Å². The van der Waals surface area contributed by atoms with Gasteiger partial charge in [-0.3, -0.25) is 37.3 Å². The highest BCUT2D eigenvalue weighted by Crippen LogP contribution is 2.45. The van der Waals surface area contributed by atoms with Crippen molar-refractivity contribution in [3.63, 3.8) is 0 Å². The Hall–Kier alpha value is -1.94. The Morgan fingerprint density at radius 1 is 0.315 bits per heavy atom. The van der Waals surface area contributed by atoms with E-state index in [1.165, 1.54) is 186 Å². The molecule has 0 aliphatic heterocycles. The number of phosphoric ester groups is 2. The second kappa shape index (κ2) is 65.0. The van der Waals surface area contributed by atoms with Gasteiger partial charge in [-0.2, -0.15) is 0 Å². The Bertz CT molecular complexity index is 1790. The van der Waals surface area contributed by atoms with E-state index in [0.717, 1.165) is 108 Å². The molecule has 0 fully saturated rings. The first-order valence-corrected chi connectivity index (χ1v) is 41.0. The monoisotopic (exact) mass is 1350 g/mol. The Balaban J connectivity index is 5.12. The third-order valence-electron chi connectivity index (χ3n) is 17.3. The zero-order valence-electron chi connectivity index (χ0n) is 59.9. The molecule has 3 N–H and O–H groups in total. The van der Waals surface area contributed by atoms with Crippen molar-refractivity contribution in [1.82, 2.24) is 0 Å². The molecule has 546 valence electrons. The molecule has 0 rings (SSSR count). The van der Waals surface area contributed by atoms with E-state index >= 15 is 0 Å².